The van der Waals surface area contributed by atoms with E-state index in [0.717, 1.165) is 22.1 Å². The van der Waals surface area contributed by atoms with Crippen LogP contribution in [0.25, 0.3) is 0 Å². The van der Waals surface area contributed by atoms with Crippen LogP contribution in [0.2, 0.25) is 0 Å². The summed E-state index contributed by atoms with van der Waals surface area (Å²) in [6.45, 7) is 6.45. The average Bonchev–Trinajstić information content (AvgIpc) is 2.36. The molecule has 0 atom stereocenters. The molecule has 100 valence electrons. The van der Waals surface area contributed by atoms with Gasteiger partial charge < -0.3 is 15.8 Å². The quantitative estimate of drug-likeness (QED) is 0.388. The molecule has 0 aliphatic heterocycles. The van der Waals surface area contributed by atoms with Crippen LogP contribution in [0, 0.1) is 0 Å². The first-order chi connectivity index (χ1) is 8.33. The van der Waals surface area contributed by atoms with Crippen molar-refractivity contribution in [3.63, 3.8) is 0 Å². The van der Waals surface area contributed by atoms with Crippen molar-refractivity contribution in [1.82, 2.24) is 0 Å². The summed E-state index contributed by atoms with van der Waals surface area (Å²) in [5.74, 6) is 0.116. The Bertz CT molecular complexity index is 458. The average molecular weight is 314 g/mol. The molecule has 1 aromatic rings. The SMILES string of the molecule is CCC(C)(C)N(C)c1ccc(Br)cc1/C(N)=N/O. The van der Waals surface area contributed by atoms with E-state index in [9.17, 15) is 0 Å². The van der Waals surface area contributed by atoms with E-state index in [1.54, 1.807) is 0 Å². The highest BCUT2D eigenvalue weighted by Gasteiger charge is 2.24. The van der Waals surface area contributed by atoms with Gasteiger partial charge in [0.25, 0.3) is 0 Å². The lowest BCUT2D eigenvalue weighted by Gasteiger charge is -2.37. The molecule has 0 bridgehead atoms. The van der Waals surface area contributed by atoms with Crippen molar-refractivity contribution < 1.29 is 5.21 Å². The molecule has 0 aromatic heterocycles. The zero-order chi connectivity index (χ0) is 13.9. The highest BCUT2D eigenvalue weighted by atomic mass is 79.9. The summed E-state index contributed by atoms with van der Waals surface area (Å²) in [7, 11) is 2.01. The maximum absolute atomic E-state index is 8.87. The van der Waals surface area contributed by atoms with E-state index >= 15 is 0 Å². The monoisotopic (exact) mass is 313 g/mol. The summed E-state index contributed by atoms with van der Waals surface area (Å²) in [5, 5.41) is 12.0. The Balaban J connectivity index is 3.32. The van der Waals surface area contributed by atoms with Gasteiger partial charge in [-0.15, -0.1) is 0 Å². The predicted molar refractivity (Wildman–Crippen MR) is 79.4 cm³/mol. The second-order valence-corrected chi connectivity index (χ2v) is 5.79. The lowest BCUT2D eigenvalue weighted by atomic mass is 9.98. The molecule has 0 aliphatic rings. The first kappa shape index (κ1) is 14.8. The van der Waals surface area contributed by atoms with E-state index in [1.165, 1.54) is 0 Å². The topological polar surface area (TPSA) is 61.8 Å². The summed E-state index contributed by atoms with van der Waals surface area (Å²) in [5.41, 5.74) is 7.40. The third-order valence-corrected chi connectivity index (χ3v) is 3.97. The number of benzene rings is 1. The number of oxime groups is 1. The molecule has 5 heteroatoms. The Morgan fingerprint density at radius 1 is 1.50 bits per heavy atom. The second-order valence-electron chi connectivity index (χ2n) is 4.87. The van der Waals surface area contributed by atoms with Crippen molar-refractivity contribution in [2.45, 2.75) is 32.7 Å². The maximum Gasteiger partial charge on any atom is 0.172 e. The van der Waals surface area contributed by atoms with E-state index in [-0.39, 0.29) is 11.4 Å². The van der Waals surface area contributed by atoms with Crippen molar-refractivity contribution in [2.75, 3.05) is 11.9 Å². The van der Waals surface area contributed by atoms with Crippen LogP contribution in [0.5, 0.6) is 0 Å². The predicted octanol–water partition coefficient (Wildman–Crippen LogP) is 3.17. The van der Waals surface area contributed by atoms with E-state index in [1.807, 2.05) is 25.2 Å². The number of rotatable bonds is 4. The lowest BCUT2D eigenvalue weighted by molar-refractivity contribution is 0.318. The number of nitrogens with two attached hydrogens (primary N) is 1. The molecule has 0 saturated carbocycles. The summed E-state index contributed by atoms with van der Waals surface area (Å²) in [6.07, 6.45) is 0.995. The number of nitrogens with zero attached hydrogens (tertiary/aromatic N) is 2. The van der Waals surface area contributed by atoms with Gasteiger partial charge in [0.1, 0.15) is 0 Å². The van der Waals surface area contributed by atoms with Crippen LogP contribution < -0.4 is 10.6 Å². The fourth-order valence-corrected chi connectivity index (χ4v) is 1.98. The maximum atomic E-state index is 8.87. The molecule has 0 spiro atoms. The highest BCUT2D eigenvalue weighted by molar-refractivity contribution is 9.10. The molecule has 0 radical (unpaired) electrons. The molecule has 3 N–H and O–H groups in total. The van der Waals surface area contributed by atoms with Crippen molar-refractivity contribution in [3.05, 3.63) is 28.2 Å². The molecular weight excluding hydrogens is 294 g/mol. The summed E-state index contributed by atoms with van der Waals surface area (Å²) < 4.78 is 0.899. The largest absolute Gasteiger partial charge is 0.409 e. The van der Waals surface area contributed by atoms with Gasteiger partial charge in [0.15, 0.2) is 5.84 Å². The zero-order valence-corrected chi connectivity index (χ0v) is 12.8. The number of hydrogen-bond acceptors (Lipinski definition) is 3. The number of anilines is 1. The smallest absolute Gasteiger partial charge is 0.172 e. The summed E-state index contributed by atoms with van der Waals surface area (Å²) >= 11 is 3.40. The number of amidine groups is 1. The van der Waals surface area contributed by atoms with Crippen LogP contribution in [0.15, 0.2) is 27.8 Å². The normalized spacial score (nSPS) is 12.6. The van der Waals surface area contributed by atoms with Gasteiger partial charge in [-0.05, 0) is 38.5 Å². The Morgan fingerprint density at radius 3 is 2.61 bits per heavy atom. The van der Waals surface area contributed by atoms with Gasteiger partial charge >= 0.3 is 0 Å². The van der Waals surface area contributed by atoms with E-state index in [0.29, 0.717) is 0 Å². The van der Waals surface area contributed by atoms with E-state index < -0.39 is 0 Å². The minimum Gasteiger partial charge on any atom is -0.409 e. The Morgan fingerprint density at radius 2 is 2.11 bits per heavy atom. The van der Waals surface area contributed by atoms with Crippen LogP contribution in [-0.2, 0) is 0 Å². The Kier molecular flexibility index (Phi) is 4.62. The molecule has 1 rings (SSSR count). The summed E-state index contributed by atoms with van der Waals surface area (Å²) in [6, 6.07) is 5.77. The van der Waals surface area contributed by atoms with Gasteiger partial charge in [-0.25, -0.2) is 0 Å². The van der Waals surface area contributed by atoms with Crippen molar-refractivity contribution >= 4 is 27.5 Å². The van der Waals surface area contributed by atoms with E-state index in [2.05, 4.69) is 46.8 Å². The molecule has 4 nitrogen and oxygen atoms in total. The van der Waals surface area contributed by atoms with Crippen molar-refractivity contribution in [3.8, 4) is 0 Å². The molecule has 0 heterocycles. The van der Waals surface area contributed by atoms with Gasteiger partial charge in [-0.1, -0.05) is 28.0 Å². The standard InChI is InChI=1S/C13H20BrN3O/c1-5-13(2,3)17(4)11-7-6-9(14)8-10(11)12(15)16-18/h6-8,18H,5H2,1-4H3,(H2,15,16). The summed E-state index contributed by atoms with van der Waals surface area (Å²) in [4.78, 5) is 2.15. The first-order valence-electron chi connectivity index (χ1n) is 5.84. The molecule has 0 unspecified atom stereocenters. The van der Waals surface area contributed by atoms with Crippen LogP contribution in [0.1, 0.15) is 32.8 Å². The third kappa shape index (κ3) is 2.96. The van der Waals surface area contributed by atoms with Crippen LogP contribution in [0.4, 0.5) is 5.69 Å². The third-order valence-electron chi connectivity index (χ3n) is 3.48. The lowest BCUT2D eigenvalue weighted by Crippen LogP contribution is -2.41. The van der Waals surface area contributed by atoms with Gasteiger partial charge in [-0.2, -0.15) is 0 Å². The Hall–Kier alpha value is -1.23. The van der Waals surface area contributed by atoms with Crippen molar-refractivity contribution in [2.24, 2.45) is 10.9 Å². The molecule has 0 saturated heterocycles. The molecule has 1 aromatic carbocycles. The molecular formula is C13H20BrN3O. The van der Waals surface area contributed by atoms with Crippen LogP contribution in [-0.4, -0.2) is 23.6 Å². The van der Waals surface area contributed by atoms with Gasteiger partial charge in [-0.3, -0.25) is 0 Å². The minimum absolute atomic E-state index is 0.00167. The fourth-order valence-electron chi connectivity index (χ4n) is 1.62. The molecule has 0 amide bonds. The van der Waals surface area contributed by atoms with Gasteiger partial charge in [0, 0.05) is 28.3 Å². The molecule has 0 aliphatic carbocycles. The Labute approximate surface area is 117 Å². The number of hydrogen-bond donors (Lipinski definition) is 2. The minimum atomic E-state index is -0.00167. The first-order valence-corrected chi connectivity index (χ1v) is 6.64. The van der Waals surface area contributed by atoms with Gasteiger partial charge in [0.05, 0.1) is 0 Å². The number of halogens is 1. The fraction of sp³-hybridized carbons (Fsp3) is 0.462. The molecule has 18 heavy (non-hydrogen) atoms. The van der Waals surface area contributed by atoms with E-state index in [4.69, 9.17) is 10.9 Å². The molecule has 0 fully saturated rings. The zero-order valence-electron chi connectivity index (χ0n) is 11.2. The highest BCUT2D eigenvalue weighted by Crippen LogP contribution is 2.30. The van der Waals surface area contributed by atoms with Crippen molar-refractivity contribution in [1.29, 1.82) is 0 Å². The van der Waals surface area contributed by atoms with Crippen LogP contribution in [0.3, 0.4) is 0 Å². The van der Waals surface area contributed by atoms with Crippen LogP contribution >= 0.6 is 15.9 Å². The second kappa shape index (κ2) is 5.61. The van der Waals surface area contributed by atoms with Gasteiger partial charge in [0.2, 0.25) is 0 Å².